The second kappa shape index (κ2) is 12.4. The van der Waals surface area contributed by atoms with Crippen molar-refractivity contribution in [3.8, 4) is 0 Å². The standard InChI is InChI=1S/C28H41N3O6/c1-17-19(8-10-25(34)31-28(6,7)12-13-37-27(3,4)5)21(29-23(17)15-32)14-22-20(9-11-26(35)36)18(2)24(16-33)30-22/h15-16,29-30H,8-14H2,1-7H3,(H,31,34)(H,35,36). The Hall–Kier alpha value is -3.20. The van der Waals surface area contributed by atoms with Gasteiger partial charge in [-0.25, -0.2) is 0 Å². The molecule has 0 spiro atoms. The Bertz CT molecular complexity index is 1130. The molecule has 4 N–H and O–H groups in total. The van der Waals surface area contributed by atoms with Crippen molar-refractivity contribution in [2.24, 2.45) is 0 Å². The lowest BCUT2D eigenvalue weighted by molar-refractivity contribution is -0.137. The minimum atomic E-state index is -0.919. The van der Waals surface area contributed by atoms with Crippen LogP contribution in [0.5, 0.6) is 0 Å². The summed E-state index contributed by atoms with van der Waals surface area (Å²) in [5.41, 5.74) is 4.83. The van der Waals surface area contributed by atoms with Crippen LogP contribution in [-0.4, -0.2) is 57.3 Å². The fraction of sp³-hybridized carbons (Fsp3) is 0.571. The van der Waals surface area contributed by atoms with Crippen molar-refractivity contribution < 1.29 is 29.0 Å². The predicted octanol–water partition coefficient (Wildman–Crippen LogP) is 4.23. The van der Waals surface area contributed by atoms with Gasteiger partial charge in [0.2, 0.25) is 5.91 Å². The van der Waals surface area contributed by atoms with Gasteiger partial charge in [-0.1, -0.05) is 0 Å². The van der Waals surface area contributed by atoms with Crippen molar-refractivity contribution in [2.75, 3.05) is 6.61 Å². The zero-order valence-corrected chi connectivity index (χ0v) is 23.1. The van der Waals surface area contributed by atoms with Gasteiger partial charge in [0.25, 0.3) is 0 Å². The molecule has 204 valence electrons. The van der Waals surface area contributed by atoms with Gasteiger partial charge in [0.1, 0.15) is 0 Å². The van der Waals surface area contributed by atoms with E-state index in [9.17, 15) is 19.2 Å². The molecule has 0 aliphatic rings. The smallest absolute Gasteiger partial charge is 0.303 e. The molecule has 0 radical (unpaired) electrons. The number of rotatable bonds is 14. The summed E-state index contributed by atoms with van der Waals surface area (Å²) in [6, 6.07) is 0. The summed E-state index contributed by atoms with van der Waals surface area (Å²) in [5.74, 6) is -1.01. The van der Waals surface area contributed by atoms with E-state index in [2.05, 4.69) is 15.3 Å². The first-order valence-electron chi connectivity index (χ1n) is 12.6. The van der Waals surface area contributed by atoms with Crippen LogP contribution in [-0.2, 0) is 33.6 Å². The molecule has 0 aromatic carbocycles. The molecule has 37 heavy (non-hydrogen) atoms. The molecule has 9 nitrogen and oxygen atoms in total. The molecule has 0 saturated carbocycles. The van der Waals surface area contributed by atoms with Crippen molar-refractivity contribution in [2.45, 2.75) is 98.1 Å². The van der Waals surface area contributed by atoms with E-state index in [1.807, 2.05) is 41.5 Å². The molecule has 0 bridgehead atoms. The molecule has 2 rings (SSSR count). The first-order chi connectivity index (χ1) is 17.2. The lowest BCUT2D eigenvalue weighted by atomic mass is 9.97. The van der Waals surface area contributed by atoms with Gasteiger partial charge in [-0.05, 0) is 90.0 Å². The van der Waals surface area contributed by atoms with E-state index in [4.69, 9.17) is 9.84 Å². The van der Waals surface area contributed by atoms with Crippen molar-refractivity contribution in [1.29, 1.82) is 0 Å². The van der Waals surface area contributed by atoms with E-state index < -0.39 is 11.5 Å². The molecule has 2 aromatic heterocycles. The lowest BCUT2D eigenvalue weighted by Gasteiger charge is -2.28. The molecule has 9 heteroatoms. The van der Waals surface area contributed by atoms with Gasteiger partial charge in [-0.15, -0.1) is 0 Å². The normalized spacial score (nSPS) is 12.0. The van der Waals surface area contributed by atoms with Crippen LogP contribution in [0.25, 0.3) is 0 Å². The van der Waals surface area contributed by atoms with Gasteiger partial charge < -0.3 is 25.1 Å². The van der Waals surface area contributed by atoms with E-state index in [-0.39, 0.29) is 30.8 Å². The number of aliphatic carboxylic acids is 1. The number of H-pyrrole nitrogens is 2. The Morgan fingerprint density at radius 1 is 0.892 bits per heavy atom. The quantitative estimate of drug-likeness (QED) is 0.278. The summed E-state index contributed by atoms with van der Waals surface area (Å²) in [6.45, 7) is 14.1. The van der Waals surface area contributed by atoms with E-state index in [1.54, 1.807) is 6.92 Å². The van der Waals surface area contributed by atoms with Crippen molar-refractivity contribution in [3.05, 3.63) is 45.0 Å². The molecule has 0 saturated heterocycles. The minimum Gasteiger partial charge on any atom is -0.481 e. The van der Waals surface area contributed by atoms with Gasteiger partial charge in [-0.2, -0.15) is 0 Å². The number of amides is 1. The van der Waals surface area contributed by atoms with Crippen LogP contribution in [0.2, 0.25) is 0 Å². The fourth-order valence-electron chi connectivity index (χ4n) is 4.42. The highest BCUT2D eigenvalue weighted by atomic mass is 16.5. The monoisotopic (exact) mass is 515 g/mol. The number of aldehydes is 2. The van der Waals surface area contributed by atoms with Gasteiger partial charge in [-0.3, -0.25) is 19.2 Å². The molecule has 0 aliphatic heterocycles. The van der Waals surface area contributed by atoms with Gasteiger partial charge in [0.05, 0.1) is 17.0 Å². The Kier molecular flexibility index (Phi) is 10.0. The van der Waals surface area contributed by atoms with Crippen LogP contribution in [0.3, 0.4) is 0 Å². The van der Waals surface area contributed by atoms with Crippen molar-refractivity contribution >= 4 is 24.4 Å². The van der Waals surface area contributed by atoms with E-state index in [0.717, 1.165) is 46.2 Å². The molecule has 0 aliphatic carbocycles. The number of aromatic amines is 2. The second-order valence-corrected chi connectivity index (χ2v) is 11.2. The Balaban J connectivity index is 2.19. The molecule has 2 heterocycles. The van der Waals surface area contributed by atoms with Gasteiger partial charge in [0.15, 0.2) is 12.6 Å². The van der Waals surface area contributed by atoms with Crippen LogP contribution >= 0.6 is 0 Å². The maximum Gasteiger partial charge on any atom is 0.303 e. The third-order valence-electron chi connectivity index (χ3n) is 6.53. The highest BCUT2D eigenvalue weighted by Crippen LogP contribution is 2.26. The summed E-state index contributed by atoms with van der Waals surface area (Å²) in [4.78, 5) is 53.4. The first-order valence-corrected chi connectivity index (χ1v) is 12.6. The number of carbonyl (C=O) groups is 4. The molecule has 0 fully saturated rings. The number of nitrogens with one attached hydrogen (secondary N) is 3. The van der Waals surface area contributed by atoms with Crippen LogP contribution < -0.4 is 5.32 Å². The van der Waals surface area contributed by atoms with Crippen LogP contribution in [0.4, 0.5) is 0 Å². The number of carboxylic acids is 1. The van der Waals surface area contributed by atoms with Crippen LogP contribution in [0.15, 0.2) is 0 Å². The average molecular weight is 516 g/mol. The lowest BCUT2D eigenvalue weighted by Crippen LogP contribution is -2.44. The van der Waals surface area contributed by atoms with Crippen LogP contribution in [0.1, 0.15) is 108 Å². The Labute approximate surface area is 218 Å². The topological polar surface area (TPSA) is 141 Å². The molecular formula is C28H41N3O6. The molecule has 0 atom stereocenters. The maximum absolute atomic E-state index is 12.8. The van der Waals surface area contributed by atoms with E-state index in [0.29, 0.717) is 37.3 Å². The SMILES string of the molecule is Cc1c(C=O)[nH]c(Cc2[nH]c(C=O)c(C)c2CCC(=O)NC(C)(C)CCOC(C)(C)C)c1CCC(=O)O. The number of aromatic nitrogens is 2. The van der Waals surface area contributed by atoms with Gasteiger partial charge in [0, 0.05) is 42.8 Å². The highest BCUT2D eigenvalue weighted by Gasteiger charge is 2.24. The largest absolute Gasteiger partial charge is 0.481 e. The van der Waals surface area contributed by atoms with Gasteiger partial charge >= 0.3 is 5.97 Å². The summed E-state index contributed by atoms with van der Waals surface area (Å²) in [7, 11) is 0. The number of hydrogen-bond donors (Lipinski definition) is 4. The molecule has 1 amide bonds. The van der Waals surface area contributed by atoms with Crippen LogP contribution in [0, 0.1) is 13.8 Å². The number of carboxylic acid groups (broad SMARTS) is 1. The van der Waals surface area contributed by atoms with Crippen molar-refractivity contribution in [3.63, 3.8) is 0 Å². The molecule has 0 unspecified atom stereocenters. The number of ether oxygens (including phenoxy) is 1. The predicted molar refractivity (Wildman–Crippen MR) is 141 cm³/mol. The zero-order chi connectivity index (χ0) is 28.0. The van der Waals surface area contributed by atoms with E-state index >= 15 is 0 Å². The Morgan fingerprint density at radius 3 is 1.81 bits per heavy atom. The minimum absolute atomic E-state index is 0.0586. The summed E-state index contributed by atoms with van der Waals surface area (Å²) >= 11 is 0. The second-order valence-electron chi connectivity index (χ2n) is 11.2. The molecular weight excluding hydrogens is 474 g/mol. The Morgan fingerprint density at radius 2 is 1.38 bits per heavy atom. The summed E-state index contributed by atoms with van der Waals surface area (Å²) < 4.78 is 5.79. The van der Waals surface area contributed by atoms with Crippen molar-refractivity contribution in [1.82, 2.24) is 15.3 Å². The molecule has 2 aromatic rings. The first kappa shape index (κ1) is 30.0. The van der Waals surface area contributed by atoms with E-state index in [1.165, 1.54) is 0 Å². The fourth-order valence-corrected chi connectivity index (χ4v) is 4.42. The maximum atomic E-state index is 12.8. The highest BCUT2D eigenvalue weighted by molar-refractivity contribution is 5.79. The third-order valence-corrected chi connectivity index (χ3v) is 6.53. The summed E-state index contributed by atoms with van der Waals surface area (Å²) in [6.07, 6.45) is 3.39. The summed E-state index contributed by atoms with van der Waals surface area (Å²) in [5, 5.41) is 12.2. The zero-order valence-electron chi connectivity index (χ0n) is 23.1. The third kappa shape index (κ3) is 8.70. The number of hydrogen-bond acceptors (Lipinski definition) is 5. The average Bonchev–Trinajstić information content (AvgIpc) is 3.24. The number of carbonyl (C=O) groups excluding carboxylic acids is 3.